The summed E-state index contributed by atoms with van der Waals surface area (Å²) in [5.41, 5.74) is 0.470. The van der Waals surface area contributed by atoms with Crippen molar-refractivity contribution in [3.63, 3.8) is 0 Å². The van der Waals surface area contributed by atoms with E-state index in [4.69, 9.17) is 9.47 Å². The lowest BCUT2D eigenvalue weighted by molar-refractivity contribution is -0.127. The van der Waals surface area contributed by atoms with Gasteiger partial charge in [0.05, 0.1) is 7.11 Å². The minimum absolute atomic E-state index is 0.0290. The zero-order valence-corrected chi connectivity index (χ0v) is 20.3. The molecule has 0 aliphatic rings. The van der Waals surface area contributed by atoms with Crippen LogP contribution in [0.15, 0.2) is 36.5 Å². The average Bonchev–Trinajstić information content (AvgIpc) is 3.28. The predicted molar refractivity (Wildman–Crippen MR) is 129 cm³/mol. The van der Waals surface area contributed by atoms with Gasteiger partial charge in [0.2, 0.25) is 10.3 Å². The number of carbonyl (C=O) groups excluding carboxylic acids is 1. The van der Waals surface area contributed by atoms with Crippen LogP contribution < -0.4 is 20.3 Å². The highest BCUT2D eigenvalue weighted by molar-refractivity contribution is 7.19. The number of carbonyl (C=O) groups is 1. The van der Waals surface area contributed by atoms with Crippen molar-refractivity contribution in [2.45, 2.75) is 32.9 Å². The molecule has 0 spiro atoms. The van der Waals surface area contributed by atoms with Gasteiger partial charge in [0, 0.05) is 31.9 Å². The van der Waals surface area contributed by atoms with Gasteiger partial charge in [-0.15, -0.1) is 15.3 Å². The van der Waals surface area contributed by atoms with Crippen LogP contribution in [-0.2, 0) is 9.53 Å². The van der Waals surface area contributed by atoms with Crippen molar-refractivity contribution in [3.05, 3.63) is 47.9 Å². The quantitative estimate of drug-likeness (QED) is 0.394. The molecule has 0 aliphatic heterocycles. The maximum atomic E-state index is 13.8. The number of benzene rings is 1. The molecule has 2 N–H and O–H groups in total. The number of aromatic nitrogens is 4. The van der Waals surface area contributed by atoms with Crippen LogP contribution >= 0.6 is 11.3 Å². The highest BCUT2D eigenvalue weighted by Crippen LogP contribution is 2.27. The first-order chi connectivity index (χ1) is 16.4. The maximum Gasteiger partial charge on any atom is 0.259 e. The number of hydrogen-bond donors (Lipinski definition) is 2. The molecule has 1 amide bonds. The third-order valence-electron chi connectivity index (χ3n) is 4.83. The molecule has 0 radical (unpaired) electrons. The Balaban J connectivity index is 1.63. The predicted octanol–water partition coefficient (Wildman–Crippen LogP) is 3.52. The van der Waals surface area contributed by atoms with Crippen LogP contribution in [0.4, 0.5) is 20.5 Å². The van der Waals surface area contributed by atoms with Crippen molar-refractivity contribution < 1.29 is 18.7 Å². The van der Waals surface area contributed by atoms with Gasteiger partial charge in [-0.1, -0.05) is 17.4 Å². The summed E-state index contributed by atoms with van der Waals surface area (Å²) in [7, 11) is 1.36. The van der Waals surface area contributed by atoms with Crippen LogP contribution in [0.3, 0.4) is 0 Å². The molecule has 0 unspecified atom stereocenters. The van der Waals surface area contributed by atoms with Crippen LogP contribution in [0, 0.1) is 5.82 Å². The van der Waals surface area contributed by atoms with Crippen molar-refractivity contribution >= 4 is 33.3 Å². The number of ether oxygens (including phenoxy) is 2. The van der Waals surface area contributed by atoms with E-state index in [0.29, 0.717) is 22.4 Å². The van der Waals surface area contributed by atoms with Gasteiger partial charge < -0.3 is 19.7 Å². The Morgan fingerprint density at radius 2 is 2.00 bits per heavy atom. The van der Waals surface area contributed by atoms with E-state index in [1.54, 1.807) is 13.1 Å². The second kappa shape index (κ2) is 12.2. The Morgan fingerprint density at radius 1 is 1.21 bits per heavy atom. The molecule has 2 heterocycles. The molecule has 1 aromatic carbocycles. The summed E-state index contributed by atoms with van der Waals surface area (Å²) in [6, 6.07) is 7.96. The highest BCUT2D eigenvalue weighted by Gasteiger charge is 2.24. The molecule has 0 bridgehead atoms. The first-order valence-corrected chi connectivity index (χ1v) is 11.6. The van der Waals surface area contributed by atoms with E-state index in [1.807, 2.05) is 26.0 Å². The maximum absolute atomic E-state index is 13.8. The molecule has 0 saturated carbocycles. The monoisotopic (exact) mass is 489 g/mol. The number of likely N-dealkylation sites (N-methyl/N-ethyl adjacent to an activating group) is 1. The number of rotatable bonds is 12. The molecule has 3 aromatic rings. The third kappa shape index (κ3) is 6.58. The van der Waals surface area contributed by atoms with Gasteiger partial charge in [0.1, 0.15) is 0 Å². The largest absolute Gasteiger partial charge is 0.494 e. The zero-order chi connectivity index (χ0) is 24.5. The smallest absolute Gasteiger partial charge is 0.259 e. The molecular formula is C22H28FN7O3S. The summed E-state index contributed by atoms with van der Waals surface area (Å²) in [5, 5.41) is 23.2. The van der Waals surface area contributed by atoms with Crippen molar-refractivity contribution in [1.82, 2.24) is 20.4 Å². The molecule has 182 valence electrons. The van der Waals surface area contributed by atoms with Gasteiger partial charge in [-0.25, -0.2) is 4.39 Å². The summed E-state index contributed by atoms with van der Waals surface area (Å²) < 4.78 is 24.4. The number of halogens is 1. The Bertz CT molecular complexity index is 1070. The van der Waals surface area contributed by atoms with E-state index < -0.39 is 17.8 Å². The summed E-state index contributed by atoms with van der Waals surface area (Å²) in [4.78, 5) is 15.0. The minimum Gasteiger partial charge on any atom is -0.494 e. The van der Waals surface area contributed by atoms with Gasteiger partial charge in [0.15, 0.2) is 23.5 Å². The van der Waals surface area contributed by atoms with E-state index in [0.717, 1.165) is 12.4 Å². The molecule has 10 nitrogen and oxygen atoms in total. The van der Waals surface area contributed by atoms with Crippen LogP contribution in [0.2, 0.25) is 0 Å². The number of amides is 1. The van der Waals surface area contributed by atoms with E-state index in [2.05, 4.69) is 35.9 Å². The average molecular weight is 490 g/mol. The number of hydrogen-bond acceptors (Lipinski definition) is 10. The lowest BCUT2D eigenvalue weighted by Crippen LogP contribution is -2.35. The second-order valence-electron chi connectivity index (χ2n) is 7.30. The lowest BCUT2D eigenvalue weighted by Gasteiger charge is -2.25. The fourth-order valence-electron chi connectivity index (χ4n) is 3.27. The normalized spacial score (nSPS) is 12.6. The van der Waals surface area contributed by atoms with Crippen molar-refractivity contribution in [3.8, 4) is 5.75 Å². The summed E-state index contributed by atoms with van der Waals surface area (Å²) in [6.45, 7) is 7.58. The number of anilines is 3. The lowest BCUT2D eigenvalue weighted by atomic mass is 10.1. The zero-order valence-electron chi connectivity index (χ0n) is 19.5. The molecule has 2 atom stereocenters. The van der Waals surface area contributed by atoms with Gasteiger partial charge >= 0.3 is 0 Å². The van der Waals surface area contributed by atoms with Gasteiger partial charge in [-0.2, -0.15) is 5.10 Å². The minimum atomic E-state index is -0.955. The topological polar surface area (TPSA) is 114 Å². The summed E-state index contributed by atoms with van der Waals surface area (Å²) in [6.07, 6.45) is 0.683. The Hall–Kier alpha value is -3.38. The van der Waals surface area contributed by atoms with Crippen LogP contribution in [0.1, 0.15) is 32.4 Å². The third-order valence-corrected chi connectivity index (χ3v) is 5.60. The molecule has 3 rings (SSSR count). The number of nitrogens with zero attached hydrogens (tertiary/aromatic N) is 5. The van der Waals surface area contributed by atoms with Gasteiger partial charge in [-0.05, 0) is 50.6 Å². The Kier molecular flexibility index (Phi) is 9.05. The molecule has 0 fully saturated rings. The fourth-order valence-corrected chi connectivity index (χ4v) is 4.02. The van der Waals surface area contributed by atoms with E-state index in [1.165, 1.54) is 36.6 Å². The van der Waals surface area contributed by atoms with Crippen molar-refractivity contribution in [2.24, 2.45) is 0 Å². The molecule has 2 aromatic heterocycles. The van der Waals surface area contributed by atoms with E-state index in [9.17, 15) is 9.18 Å². The number of nitrogens with one attached hydrogen (secondary N) is 2. The van der Waals surface area contributed by atoms with Crippen LogP contribution in [-0.4, -0.2) is 59.1 Å². The van der Waals surface area contributed by atoms with Crippen molar-refractivity contribution in [2.75, 3.05) is 42.3 Å². The molecule has 0 saturated heterocycles. The summed E-state index contributed by atoms with van der Waals surface area (Å²) >= 11 is 1.21. The van der Waals surface area contributed by atoms with Crippen molar-refractivity contribution in [1.29, 1.82) is 0 Å². The van der Waals surface area contributed by atoms with E-state index in [-0.39, 0.29) is 18.4 Å². The molecule has 12 heteroatoms. The van der Waals surface area contributed by atoms with Gasteiger partial charge in [-0.3, -0.25) is 10.1 Å². The number of methoxy groups -OCH3 is 1. The molecule has 34 heavy (non-hydrogen) atoms. The first kappa shape index (κ1) is 25.2. The van der Waals surface area contributed by atoms with E-state index >= 15 is 0 Å². The molecule has 0 aliphatic carbocycles. The standard InChI is InChI=1S/C22H28FN7O3S/c1-5-30(18-8-7-11-24-27-18)13-14(3)25-21-28-29-22(34-21)26-20(31)19(33-6-2)15-9-10-16(23)17(12-15)32-4/h7-12,14,19H,5-6,13H2,1-4H3,(H,25,28)(H,26,29,31)/t14-,19-/m1/s1. The fraction of sp³-hybridized carbons (Fsp3) is 0.409. The SMILES string of the molecule is CCO[C@@H](C(=O)Nc1nnc(N[C@H](C)CN(CC)c2cccnn2)s1)c1ccc(F)c(OC)c1. The second-order valence-corrected chi connectivity index (χ2v) is 8.27. The van der Waals surface area contributed by atoms with Crippen LogP contribution in [0.5, 0.6) is 5.75 Å². The Morgan fingerprint density at radius 3 is 2.68 bits per heavy atom. The highest BCUT2D eigenvalue weighted by atomic mass is 32.1. The Labute approximate surface area is 201 Å². The summed E-state index contributed by atoms with van der Waals surface area (Å²) in [5.74, 6) is -0.125. The first-order valence-electron chi connectivity index (χ1n) is 10.8. The molecular weight excluding hydrogens is 461 g/mol. The van der Waals surface area contributed by atoms with Gasteiger partial charge in [0.25, 0.3) is 5.91 Å². The van der Waals surface area contributed by atoms with Crippen LogP contribution in [0.25, 0.3) is 0 Å².